The van der Waals surface area contributed by atoms with Gasteiger partial charge < -0.3 is 9.52 Å². The Balaban J connectivity index is 2.59. The van der Waals surface area contributed by atoms with E-state index in [-0.39, 0.29) is 6.61 Å². The summed E-state index contributed by atoms with van der Waals surface area (Å²) in [5.41, 5.74) is 4.52. The lowest BCUT2D eigenvalue weighted by atomic mass is 10.0. The second-order valence-corrected chi connectivity index (χ2v) is 4.49. The van der Waals surface area contributed by atoms with Crippen LogP contribution >= 0.6 is 0 Å². The number of aliphatic hydroxyl groups is 1. The van der Waals surface area contributed by atoms with E-state index in [9.17, 15) is 0 Å². The van der Waals surface area contributed by atoms with Crippen molar-refractivity contribution in [3.05, 3.63) is 41.2 Å². The van der Waals surface area contributed by atoms with E-state index in [0.29, 0.717) is 0 Å². The Labute approximate surface area is 108 Å². The molecule has 1 N–H and O–H groups in total. The standard InChI is InChI=1S/C16H20O2/c1-4-13-14-10-12(11(3)8-9-17)6-7-16(14)18-15(13)5-2/h6-8,10,17H,4-5,9H2,1-3H3/b11-8-. The first-order valence-corrected chi connectivity index (χ1v) is 6.53. The summed E-state index contributed by atoms with van der Waals surface area (Å²) in [6.07, 6.45) is 3.74. The number of hydrogen-bond donors (Lipinski definition) is 1. The number of benzene rings is 1. The number of aliphatic hydroxyl groups excluding tert-OH is 1. The van der Waals surface area contributed by atoms with Gasteiger partial charge in [0.1, 0.15) is 11.3 Å². The highest BCUT2D eigenvalue weighted by atomic mass is 16.3. The molecule has 0 radical (unpaired) electrons. The van der Waals surface area contributed by atoms with E-state index < -0.39 is 0 Å². The molecule has 0 aliphatic heterocycles. The van der Waals surface area contributed by atoms with Gasteiger partial charge in [0.25, 0.3) is 0 Å². The molecule has 0 aliphatic carbocycles. The van der Waals surface area contributed by atoms with E-state index in [1.807, 2.05) is 25.1 Å². The summed E-state index contributed by atoms with van der Waals surface area (Å²) in [5.74, 6) is 1.09. The highest BCUT2D eigenvalue weighted by molar-refractivity contribution is 5.86. The molecule has 2 nitrogen and oxygen atoms in total. The first kappa shape index (κ1) is 12.9. The lowest BCUT2D eigenvalue weighted by molar-refractivity contribution is 0.343. The molecule has 18 heavy (non-hydrogen) atoms. The van der Waals surface area contributed by atoms with E-state index in [1.165, 1.54) is 10.9 Å². The van der Waals surface area contributed by atoms with Crippen LogP contribution in [0.2, 0.25) is 0 Å². The van der Waals surface area contributed by atoms with Crippen LogP contribution in [0, 0.1) is 0 Å². The van der Waals surface area contributed by atoms with Crippen molar-refractivity contribution in [2.24, 2.45) is 0 Å². The highest BCUT2D eigenvalue weighted by Crippen LogP contribution is 2.29. The number of aryl methyl sites for hydroxylation is 2. The van der Waals surface area contributed by atoms with Crippen LogP contribution in [0.15, 0.2) is 28.7 Å². The van der Waals surface area contributed by atoms with Gasteiger partial charge in [-0.2, -0.15) is 0 Å². The second kappa shape index (κ2) is 5.40. The number of fused-ring (bicyclic) bond motifs is 1. The Kier molecular flexibility index (Phi) is 3.87. The van der Waals surface area contributed by atoms with Gasteiger partial charge in [0.15, 0.2) is 0 Å². The summed E-state index contributed by atoms with van der Waals surface area (Å²) in [6.45, 7) is 6.38. The fourth-order valence-electron chi connectivity index (χ4n) is 2.37. The zero-order chi connectivity index (χ0) is 13.1. The van der Waals surface area contributed by atoms with Crippen molar-refractivity contribution in [1.82, 2.24) is 0 Å². The zero-order valence-corrected chi connectivity index (χ0v) is 11.3. The van der Waals surface area contributed by atoms with Gasteiger partial charge in [0.2, 0.25) is 0 Å². The smallest absolute Gasteiger partial charge is 0.134 e. The van der Waals surface area contributed by atoms with Crippen molar-refractivity contribution in [1.29, 1.82) is 0 Å². The van der Waals surface area contributed by atoms with Gasteiger partial charge in [-0.1, -0.05) is 26.0 Å². The molecule has 1 aromatic heterocycles. The molecule has 2 aromatic rings. The van der Waals surface area contributed by atoms with Crippen LogP contribution in [0.25, 0.3) is 16.5 Å². The number of furan rings is 1. The summed E-state index contributed by atoms with van der Waals surface area (Å²) >= 11 is 0. The minimum atomic E-state index is 0.0795. The third kappa shape index (κ3) is 2.21. The highest BCUT2D eigenvalue weighted by Gasteiger charge is 2.11. The molecule has 0 fully saturated rings. The van der Waals surface area contributed by atoms with Crippen molar-refractivity contribution in [3.8, 4) is 0 Å². The summed E-state index contributed by atoms with van der Waals surface area (Å²) in [7, 11) is 0. The molecule has 2 rings (SSSR count). The molecule has 0 spiro atoms. The van der Waals surface area contributed by atoms with Crippen LogP contribution in [0.3, 0.4) is 0 Å². The molecular weight excluding hydrogens is 224 g/mol. The van der Waals surface area contributed by atoms with Gasteiger partial charge in [-0.05, 0) is 36.6 Å². The van der Waals surface area contributed by atoms with E-state index in [4.69, 9.17) is 9.52 Å². The maximum atomic E-state index is 8.96. The van der Waals surface area contributed by atoms with Crippen LogP contribution in [-0.2, 0) is 12.8 Å². The maximum absolute atomic E-state index is 8.96. The number of allylic oxidation sites excluding steroid dienone is 1. The first-order valence-electron chi connectivity index (χ1n) is 6.53. The lowest BCUT2D eigenvalue weighted by Crippen LogP contribution is -1.86. The zero-order valence-electron chi connectivity index (χ0n) is 11.3. The normalized spacial score (nSPS) is 12.3. The van der Waals surface area contributed by atoms with E-state index in [1.54, 1.807) is 0 Å². The predicted octanol–water partition coefficient (Wildman–Crippen LogP) is 3.95. The largest absolute Gasteiger partial charge is 0.461 e. The van der Waals surface area contributed by atoms with Crippen LogP contribution in [-0.4, -0.2) is 11.7 Å². The molecule has 1 aromatic carbocycles. The lowest BCUT2D eigenvalue weighted by Gasteiger charge is -2.02. The molecular formula is C16H20O2. The van der Waals surface area contributed by atoms with Crippen molar-refractivity contribution in [2.45, 2.75) is 33.6 Å². The van der Waals surface area contributed by atoms with Crippen LogP contribution in [0.5, 0.6) is 0 Å². The monoisotopic (exact) mass is 244 g/mol. The Morgan fingerprint density at radius 2 is 2.06 bits per heavy atom. The fourth-order valence-corrected chi connectivity index (χ4v) is 2.37. The second-order valence-electron chi connectivity index (χ2n) is 4.49. The topological polar surface area (TPSA) is 33.4 Å². The Bertz CT molecular complexity index is 576. The van der Waals surface area contributed by atoms with Crippen LogP contribution < -0.4 is 0 Å². The van der Waals surface area contributed by atoms with Crippen molar-refractivity contribution >= 4 is 16.5 Å². The molecule has 0 amide bonds. The molecule has 96 valence electrons. The van der Waals surface area contributed by atoms with E-state index in [0.717, 1.165) is 35.3 Å². The van der Waals surface area contributed by atoms with Gasteiger partial charge in [-0.3, -0.25) is 0 Å². The van der Waals surface area contributed by atoms with Crippen molar-refractivity contribution < 1.29 is 9.52 Å². The average Bonchev–Trinajstić information content (AvgIpc) is 2.75. The van der Waals surface area contributed by atoms with Gasteiger partial charge in [0, 0.05) is 17.4 Å². The van der Waals surface area contributed by atoms with Crippen molar-refractivity contribution in [3.63, 3.8) is 0 Å². The summed E-state index contributed by atoms with van der Waals surface area (Å²) in [4.78, 5) is 0. The molecule has 0 unspecified atom stereocenters. The minimum Gasteiger partial charge on any atom is -0.461 e. The Morgan fingerprint density at radius 1 is 1.28 bits per heavy atom. The number of hydrogen-bond acceptors (Lipinski definition) is 2. The molecule has 0 atom stereocenters. The third-order valence-corrected chi connectivity index (χ3v) is 3.40. The average molecular weight is 244 g/mol. The summed E-state index contributed by atoms with van der Waals surface area (Å²) < 4.78 is 5.87. The SMILES string of the molecule is CCc1oc2ccc(/C(C)=C\CO)cc2c1CC. The maximum Gasteiger partial charge on any atom is 0.134 e. The van der Waals surface area contributed by atoms with Crippen molar-refractivity contribution in [2.75, 3.05) is 6.61 Å². The van der Waals surface area contributed by atoms with Gasteiger partial charge in [-0.15, -0.1) is 0 Å². The Morgan fingerprint density at radius 3 is 2.67 bits per heavy atom. The van der Waals surface area contributed by atoms with Gasteiger partial charge in [0.05, 0.1) is 6.61 Å². The molecule has 0 aliphatic rings. The number of rotatable bonds is 4. The first-order chi connectivity index (χ1) is 8.71. The summed E-state index contributed by atoms with van der Waals surface area (Å²) in [5, 5.41) is 10.2. The summed E-state index contributed by atoms with van der Waals surface area (Å²) in [6, 6.07) is 6.24. The fraction of sp³-hybridized carbons (Fsp3) is 0.375. The van der Waals surface area contributed by atoms with Crippen LogP contribution in [0.4, 0.5) is 0 Å². The molecule has 0 saturated carbocycles. The molecule has 1 heterocycles. The van der Waals surface area contributed by atoms with Crippen LogP contribution in [0.1, 0.15) is 37.7 Å². The molecule has 2 heteroatoms. The van der Waals surface area contributed by atoms with Gasteiger partial charge in [-0.25, -0.2) is 0 Å². The minimum absolute atomic E-state index is 0.0795. The predicted molar refractivity (Wildman–Crippen MR) is 75.7 cm³/mol. The Hall–Kier alpha value is -1.54. The quantitative estimate of drug-likeness (QED) is 0.883. The third-order valence-electron chi connectivity index (χ3n) is 3.40. The molecule has 0 bridgehead atoms. The van der Waals surface area contributed by atoms with E-state index in [2.05, 4.69) is 19.9 Å². The van der Waals surface area contributed by atoms with E-state index >= 15 is 0 Å². The molecule has 0 saturated heterocycles. The van der Waals surface area contributed by atoms with Gasteiger partial charge >= 0.3 is 0 Å².